The number of ether oxygens (including phenoxy) is 1. The highest BCUT2D eigenvalue weighted by atomic mass is 16.5. The summed E-state index contributed by atoms with van der Waals surface area (Å²) < 4.78 is 12.6. The van der Waals surface area contributed by atoms with Gasteiger partial charge in [0.15, 0.2) is 5.82 Å². The first-order valence-corrected chi connectivity index (χ1v) is 10.8. The van der Waals surface area contributed by atoms with Gasteiger partial charge in [-0.05, 0) is 50.4 Å². The Bertz CT molecular complexity index is 1050. The van der Waals surface area contributed by atoms with E-state index in [4.69, 9.17) is 9.26 Å². The summed E-state index contributed by atoms with van der Waals surface area (Å²) in [6, 6.07) is 5.32. The topological polar surface area (TPSA) is 99.2 Å². The summed E-state index contributed by atoms with van der Waals surface area (Å²) in [4.78, 5) is 28.0. The fourth-order valence-corrected chi connectivity index (χ4v) is 4.28. The molecule has 162 valence electrons. The molecule has 0 aliphatic carbocycles. The predicted octanol–water partition coefficient (Wildman–Crippen LogP) is 2.10. The molecular formula is C22H26N6O3. The normalized spacial score (nSPS) is 20.3. The minimum Gasteiger partial charge on any atom is -0.381 e. The van der Waals surface area contributed by atoms with Gasteiger partial charge in [0.05, 0.1) is 31.1 Å². The molecule has 0 N–H and O–H groups in total. The first-order valence-electron chi connectivity index (χ1n) is 10.8. The highest BCUT2D eigenvalue weighted by molar-refractivity contribution is 5.57. The minimum absolute atomic E-state index is 0.0144. The van der Waals surface area contributed by atoms with Crippen molar-refractivity contribution in [2.75, 3.05) is 26.3 Å². The van der Waals surface area contributed by atoms with Crippen LogP contribution in [-0.4, -0.2) is 55.9 Å². The van der Waals surface area contributed by atoms with E-state index in [1.54, 1.807) is 29.4 Å². The molecule has 0 amide bonds. The summed E-state index contributed by atoms with van der Waals surface area (Å²) in [5.41, 5.74) is 1.57. The van der Waals surface area contributed by atoms with Crippen LogP contribution in [0, 0.1) is 5.92 Å². The van der Waals surface area contributed by atoms with Crippen LogP contribution >= 0.6 is 0 Å². The molecule has 0 aromatic carbocycles. The molecule has 2 aliphatic rings. The van der Waals surface area contributed by atoms with E-state index in [0.29, 0.717) is 37.2 Å². The molecule has 0 radical (unpaired) electrons. The number of nitrogens with zero attached hydrogens (tertiary/aromatic N) is 6. The van der Waals surface area contributed by atoms with Gasteiger partial charge in [-0.2, -0.15) is 4.98 Å². The maximum Gasteiger partial charge on any atom is 0.253 e. The number of aromatic nitrogens is 5. The average Bonchev–Trinajstić information content (AvgIpc) is 3.49. The summed E-state index contributed by atoms with van der Waals surface area (Å²) in [5.74, 6) is 2.14. The summed E-state index contributed by atoms with van der Waals surface area (Å²) in [6.45, 7) is 4.75. The number of hydrogen-bond donors (Lipinski definition) is 0. The number of piperidine rings is 1. The molecule has 31 heavy (non-hydrogen) atoms. The van der Waals surface area contributed by atoms with Crippen LogP contribution in [0.25, 0.3) is 11.3 Å². The Balaban J connectivity index is 1.14. The Morgan fingerprint density at radius 1 is 1.13 bits per heavy atom. The van der Waals surface area contributed by atoms with Gasteiger partial charge in [-0.3, -0.25) is 19.2 Å². The van der Waals surface area contributed by atoms with Crippen LogP contribution in [0.3, 0.4) is 0 Å². The van der Waals surface area contributed by atoms with Gasteiger partial charge in [-0.25, -0.2) is 4.98 Å². The van der Waals surface area contributed by atoms with Gasteiger partial charge in [-0.1, -0.05) is 5.16 Å². The van der Waals surface area contributed by atoms with Gasteiger partial charge in [0.25, 0.3) is 5.56 Å². The molecule has 2 fully saturated rings. The van der Waals surface area contributed by atoms with Gasteiger partial charge < -0.3 is 9.26 Å². The van der Waals surface area contributed by atoms with Crippen molar-refractivity contribution >= 4 is 0 Å². The Morgan fingerprint density at radius 2 is 1.97 bits per heavy atom. The quantitative estimate of drug-likeness (QED) is 0.596. The van der Waals surface area contributed by atoms with Gasteiger partial charge in [0, 0.05) is 37.2 Å². The molecule has 3 aromatic heterocycles. The molecule has 0 bridgehead atoms. The third-order valence-electron chi connectivity index (χ3n) is 6.15. The highest BCUT2D eigenvalue weighted by Crippen LogP contribution is 2.24. The van der Waals surface area contributed by atoms with Crippen molar-refractivity contribution in [3.8, 4) is 11.3 Å². The van der Waals surface area contributed by atoms with Crippen molar-refractivity contribution in [1.82, 2.24) is 29.6 Å². The zero-order valence-electron chi connectivity index (χ0n) is 17.4. The van der Waals surface area contributed by atoms with Crippen molar-refractivity contribution in [3.63, 3.8) is 0 Å². The van der Waals surface area contributed by atoms with Crippen molar-refractivity contribution in [2.24, 2.45) is 5.92 Å². The molecule has 0 saturated carbocycles. The largest absolute Gasteiger partial charge is 0.381 e. The second-order valence-electron chi connectivity index (χ2n) is 8.33. The van der Waals surface area contributed by atoms with E-state index in [1.165, 1.54) is 0 Å². The number of pyridine rings is 1. The average molecular weight is 422 g/mol. The standard InChI is InChI=1S/C22H26N6O3/c29-21-11-19(17-1-6-23-7-2-17)24-15-28(21)12-16-3-8-27(9-4-16)13-20-25-22(31-26-20)18-5-10-30-14-18/h1-2,6-7,11,15-16,18H,3-5,8-10,12-14H2. The van der Waals surface area contributed by atoms with E-state index in [1.807, 2.05) is 12.1 Å². The molecular weight excluding hydrogens is 396 g/mol. The Labute approximate surface area is 180 Å². The van der Waals surface area contributed by atoms with E-state index >= 15 is 0 Å². The lowest BCUT2D eigenvalue weighted by atomic mass is 9.96. The molecule has 5 heterocycles. The molecule has 1 atom stereocenters. The Kier molecular flexibility index (Phi) is 5.86. The molecule has 2 saturated heterocycles. The zero-order valence-corrected chi connectivity index (χ0v) is 17.4. The SMILES string of the molecule is O=c1cc(-c2ccncc2)ncn1CC1CCN(Cc2noc(C3CCOC3)n2)CC1. The molecule has 5 rings (SSSR count). The Morgan fingerprint density at radius 3 is 2.71 bits per heavy atom. The number of likely N-dealkylation sites (tertiary alicyclic amines) is 1. The molecule has 9 heteroatoms. The van der Waals surface area contributed by atoms with Crippen LogP contribution in [0.1, 0.15) is 36.9 Å². The molecule has 1 unspecified atom stereocenters. The predicted molar refractivity (Wildman–Crippen MR) is 112 cm³/mol. The third-order valence-corrected chi connectivity index (χ3v) is 6.15. The van der Waals surface area contributed by atoms with Crippen molar-refractivity contribution in [2.45, 2.75) is 38.3 Å². The van der Waals surface area contributed by atoms with E-state index in [-0.39, 0.29) is 11.5 Å². The lowest BCUT2D eigenvalue weighted by Gasteiger charge is -2.31. The first kappa shape index (κ1) is 20.0. The smallest absolute Gasteiger partial charge is 0.253 e. The molecule has 3 aromatic rings. The molecule has 0 spiro atoms. The number of hydrogen-bond acceptors (Lipinski definition) is 8. The Hall–Kier alpha value is -2.91. The van der Waals surface area contributed by atoms with Gasteiger partial charge >= 0.3 is 0 Å². The second kappa shape index (κ2) is 9.07. The summed E-state index contributed by atoms with van der Waals surface area (Å²) in [6.07, 6.45) is 8.08. The maximum atomic E-state index is 12.6. The molecule has 9 nitrogen and oxygen atoms in total. The van der Waals surface area contributed by atoms with Crippen LogP contribution in [0.5, 0.6) is 0 Å². The first-order chi connectivity index (χ1) is 15.2. The lowest BCUT2D eigenvalue weighted by molar-refractivity contribution is 0.161. The van der Waals surface area contributed by atoms with E-state index in [2.05, 4.69) is 25.0 Å². The summed E-state index contributed by atoms with van der Waals surface area (Å²) >= 11 is 0. The summed E-state index contributed by atoms with van der Waals surface area (Å²) in [7, 11) is 0. The van der Waals surface area contributed by atoms with Gasteiger partial charge in [0.2, 0.25) is 5.89 Å². The van der Waals surface area contributed by atoms with Crippen LogP contribution in [-0.2, 0) is 17.8 Å². The van der Waals surface area contributed by atoms with Crippen molar-refractivity contribution in [1.29, 1.82) is 0 Å². The van der Waals surface area contributed by atoms with Gasteiger partial charge in [-0.15, -0.1) is 0 Å². The maximum absolute atomic E-state index is 12.6. The fraction of sp³-hybridized carbons (Fsp3) is 0.500. The fourth-order valence-electron chi connectivity index (χ4n) is 4.28. The van der Waals surface area contributed by atoms with Crippen LogP contribution in [0.15, 0.2) is 46.2 Å². The summed E-state index contributed by atoms with van der Waals surface area (Å²) in [5, 5.41) is 4.15. The van der Waals surface area contributed by atoms with E-state index < -0.39 is 0 Å². The van der Waals surface area contributed by atoms with Crippen LogP contribution in [0.4, 0.5) is 0 Å². The minimum atomic E-state index is -0.0144. The third kappa shape index (κ3) is 4.72. The zero-order chi connectivity index (χ0) is 21.0. The number of rotatable bonds is 6. The van der Waals surface area contributed by atoms with Crippen LogP contribution < -0.4 is 5.56 Å². The van der Waals surface area contributed by atoms with Gasteiger partial charge in [0.1, 0.15) is 0 Å². The van der Waals surface area contributed by atoms with E-state index in [0.717, 1.165) is 50.3 Å². The molecule has 2 aliphatic heterocycles. The van der Waals surface area contributed by atoms with Crippen molar-refractivity contribution < 1.29 is 9.26 Å². The van der Waals surface area contributed by atoms with E-state index in [9.17, 15) is 4.79 Å². The lowest BCUT2D eigenvalue weighted by Crippen LogP contribution is -2.36. The highest BCUT2D eigenvalue weighted by Gasteiger charge is 2.25. The monoisotopic (exact) mass is 422 g/mol. The second-order valence-corrected chi connectivity index (χ2v) is 8.33. The van der Waals surface area contributed by atoms with Crippen molar-refractivity contribution in [3.05, 3.63) is 59.0 Å². The van der Waals surface area contributed by atoms with Crippen LogP contribution in [0.2, 0.25) is 0 Å².